The maximum atomic E-state index is 10.7. The number of imidazole rings is 1. The van der Waals surface area contributed by atoms with E-state index in [1.807, 2.05) is 0 Å². The van der Waals surface area contributed by atoms with Gasteiger partial charge < -0.3 is 14.6 Å². The SMILES string of the molecule is [2H]c1c(N(CCCl)CCCl)c([2H])c2nc(CCCC(=O)O)n(C)c2c1[2H]. The predicted molar refractivity (Wildman–Crippen MR) is 94.9 cm³/mol. The van der Waals surface area contributed by atoms with E-state index in [0.29, 0.717) is 60.2 Å². The van der Waals surface area contributed by atoms with Crippen molar-refractivity contribution >= 4 is 45.9 Å². The van der Waals surface area contributed by atoms with E-state index < -0.39 is 5.97 Å². The average molecular weight is 361 g/mol. The van der Waals surface area contributed by atoms with Crippen LogP contribution < -0.4 is 4.90 Å². The normalized spacial score (nSPS) is 12.9. The van der Waals surface area contributed by atoms with E-state index in [-0.39, 0.29) is 24.5 Å². The van der Waals surface area contributed by atoms with E-state index in [1.165, 1.54) is 0 Å². The maximum absolute atomic E-state index is 10.7. The first-order valence-electron chi connectivity index (χ1n) is 8.87. The van der Waals surface area contributed by atoms with E-state index in [0.717, 1.165) is 0 Å². The van der Waals surface area contributed by atoms with Crippen molar-refractivity contribution in [1.29, 1.82) is 0 Å². The molecule has 0 atom stereocenters. The minimum absolute atomic E-state index is 0.0142. The van der Waals surface area contributed by atoms with Crippen molar-refractivity contribution in [2.75, 3.05) is 29.7 Å². The molecule has 0 spiro atoms. The number of anilines is 1. The van der Waals surface area contributed by atoms with E-state index in [9.17, 15) is 4.79 Å². The number of hydrogen-bond acceptors (Lipinski definition) is 3. The summed E-state index contributed by atoms with van der Waals surface area (Å²) in [6.07, 6.45) is 0.864. The third kappa shape index (κ3) is 4.52. The Morgan fingerprint density at radius 3 is 2.70 bits per heavy atom. The van der Waals surface area contributed by atoms with Crippen LogP contribution in [0.1, 0.15) is 22.8 Å². The molecule has 1 heterocycles. The largest absolute Gasteiger partial charge is 0.481 e. The number of nitrogens with zero attached hydrogens (tertiary/aromatic N) is 3. The van der Waals surface area contributed by atoms with Gasteiger partial charge in [-0.05, 0) is 24.5 Å². The van der Waals surface area contributed by atoms with Crippen molar-refractivity contribution in [2.24, 2.45) is 7.05 Å². The molecular formula is C16H21Cl2N3O2. The van der Waals surface area contributed by atoms with Crippen LogP contribution in [-0.2, 0) is 18.3 Å². The Morgan fingerprint density at radius 2 is 2.09 bits per heavy atom. The number of carboxylic acid groups (broad SMARTS) is 1. The Labute approximate surface area is 150 Å². The van der Waals surface area contributed by atoms with Gasteiger partial charge in [0.05, 0.1) is 15.1 Å². The summed E-state index contributed by atoms with van der Waals surface area (Å²) in [5, 5.41) is 8.78. The molecule has 7 heteroatoms. The molecule has 1 N–H and O–H groups in total. The van der Waals surface area contributed by atoms with Gasteiger partial charge in [-0.15, -0.1) is 23.2 Å². The van der Waals surface area contributed by atoms with Crippen molar-refractivity contribution in [2.45, 2.75) is 19.3 Å². The van der Waals surface area contributed by atoms with E-state index in [4.69, 9.17) is 32.4 Å². The molecule has 0 saturated carbocycles. The monoisotopic (exact) mass is 360 g/mol. The highest BCUT2D eigenvalue weighted by atomic mass is 35.5. The third-order valence-corrected chi connectivity index (χ3v) is 3.88. The predicted octanol–water partition coefficient (Wildman–Crippen LogP) is 3.26. The lowest BCUT2D eigenvalue weighted by Crippen LogP contribution is -2.27. The first kappa shape index (κ1) is 13.9. The van der Waals surface area contributed by atoms with Gasteiger partial charge in [0.1, 0.15) is 5.82 Å². The first-order chi connectivity index (χ1) is 12.3. The van der Waals surface area contributed by atoms with Gasteiger partial charge >= 0.3 is 5.97 Å². The summed E-state index contributed by atoms with van der Waals surface area (Å²) in [6.45, 7) is 0.824. The second-order valence-electron chi connectivity index (χ2n) is 5.12. The van der Waals surface area contributed by atoms with Crippen molar-refractivity contribution in [3.8, 4) is 0 Å². The number of aryl methyl sites for hydroxylation is 2. The Balaban J connectivity index is 2.55. The average Bonchev–Trinajstić information content (AvgIpc) is 2.90. The van der Waals surface area contributed by atoms with Crippen LogP contribution >= 0.6 is 23.2 Å². The number of rotatable bonds is 9. The molecule has 0 saturated heterocycles. The van der Waals surface area contributed by atoms with Crippen LogP contribution in [0, 0.1) is 0 Å². The van der Waals surface area contributed by atoms with E-state index >= 15 is 0 Å². The van der Waals surface area contributed by atoms with Crippen LogP contribution in [0.2, 0.25) is 0 Å². The Hall–Kier alpha value is -1.46. The molecule has 126 valence electrons. The summed E-state index contributed by atoms with van der Waals surface area (Å²) < 4.78 is 26.9. The zero-order valence-electron chi connectivity index (χ0n) is 15.9. The van der Waals surface area contributed by atoms with Gasteiger partial charge in [0.15, 0.2) is 0 Å². The second kappa shape index (κ2) is 8.41. The molecular weight excluding hydrogens is 337 g/mol. The highest BCUT2D eigenvalue weighted by Crippen LogP contribution is 2.23. The lowest BCUT2D eigenvalue weighted by atomic mass is 10.2. The van der Waals surface area contributed by atoms with Gasteiger partial charge in [-0.2, -0.15) is 0 Å². The number of benzene rings is 1. The summed E-state index contributed by atoms with van der Waals surface area (Å²) in [4.78, 5) is 16.9. The molecule has 2 rings (SSSR count). The molecule has 0 aliphatic heterocycles. The lowest BCUT2D eigenvalue weighted by Gasteiger charge is -2.22. The molecule has 0 aliphatic carbocycles. The van der Waals surface area contributed by atoms with Gasteiger partial charge in [-0.1, -0.05) is 0 Å². The van der Waals surface area contributed by atoms with Crippen LogP contribution in [0.4, 0.5) is 5.69 Å². The van der Waals surface area contributed by atoms with Crippen molar-refractivity contribution in [3.05, 3.63) is 24.0 Å². The summed E-state index contributed by atoms with van der Waals surface area (Å²) in [5.41, 5.74) is 1.05. The van der Waals surface area contributed by atoms with Crippen LogP contribution in [0.25, 0.3) is 11.0 Å². The Morgan fingerprint density at radius 1 is 1.39 bits per heavy atom. The molecule has 5 nitrogen and oxygen atoms in total. The topological polar surface area (TPSA) is 58.4 Å². The fraction of sp³-hybridized carbons (Fsp3) is 0.500. The molecule has 2 aromatic rings. The van der Waals surface area contributed by atoms with E-state index in [2.05, 4.69) is 4.98 Å². The zero-order chi connectivity index (χ0) is 19.4. The lowest BCUT2D eigenvalue weighted by molar-refractivity contribution is -0.137. The fourth-order valence-electron chi connectivity index (χ4n) is 2.36. The molecule has 0 aliphatic rings. The smallest absolute Gasteiger partial charge is 0.303 e. The molecule has 23 heavy (non-hydrogen) atoms. The summed E-state index contributed by atoms with van der Waals surface area (Å²) in [5.74, 6) is 0.341. The first-order valence-corrected chi connectivity index (χ1v) is 8.44. The Kier molecular flexibility index (Phi) is 5.09. The number of halogens is 2. The molecule has 1 aromatic carbocycles. The number of aromatic nitrogens is 2. The van der Waals surface area contributed by atoms with Gasteiger partial charge in [0.2, 0.25) is 0 Å². The van der Waals surface area contributed by atoms with Crippen molar-refractivity contribution in [1.82, 2.24) is 9.55 Å². The summed E-state index contributed by atoms with van der Waals surface area (Å²) >= 11 is 11.7. The highest BCUT2D eigenvalue weighted by molar-refractivity contribution is 6.18. The van der Waals surface area contributed by atoms with Crippen LogP contribution in [-0.4, -0.2) is 45.5 Å². The summed E-state index contributed by atoms with van der Waals surface area (Å²) in [7, 11) is 1.72. The van der Waals surface area contributed by atoms with Gasteiger partial charge in [0, 0.05) is 50.4 Å². The van der Waals surface area contributed by atoms with E-state index in [1.54, 1.807) is 16.5 Å². The number of fused-ring (bicyclic) bond motifs is 1. The number of carboxylic acids is 1. The van der Waals surface area contributed by atoms with Crippen LogP contribution in [0.3, 0.4) is 0 Å². The standard InChI is InChI=1S/C16H21Cl2N3O2/c1-20-14-6-5-12(21(9-7-17)10-8-18)11-13(14)19-15(20)3-2-4-16(22)23/h5-6,11H,2-4,7-10H2,1H3,(H,22,23)/i5D,6D,11D. The van der Waals surface area contributed by atoms with Crippen molar-refractivity contribution < 1.29 is 14.0 Å². The molecule has 0 amide bonds. The van der Waals surface area contributed by atoms with Gasteiger partial charge in [-0.3, -0.25) is 4.79 Å². The van der Waals surface area contributed by atoms with Crippen LogP contribution in [0.15, 0.2) is 18.1 Å². The van der Waals surface area contributed by atoms with Gasteiger partial charge in [-0.25, -0.2) is 4.98 Å². The second-order valence-corrected chi connectivity index (χ2v) is 5.88. The highest BCUT2D eigenvalue weighted by Gasteiger charge is 2.11. The summed E-state index contributed by atoms with van der Waals surface area (Å²) in [6, 6.07) is -0.00577. The van der Waals surface area contributed by atoms with Gasteiger partial charge in [0.25, 0.3) is 0 Å². The quantitative estimate of drug-likeness (QED) is 0.697. The number of aliphatic carboxylic acids is 1. The molecule has 0 unspecified atom stereocenters. The zero-order valence-corrected chi connectivity index (χ0v) is 14.4. The molecule has 1 aromatic heterocycles. The van der Waals surface area contributed by atoms with Crippen LogP contribution in [0.5, 0.6) is 0 Å². The number of hydrogen-bond donors (Lipinski definition) is 1. The Bertz CT molecular complexity index is 808. The third-order valence-electron chi connectivity index (χ3n) is 3.54. The maximum Gasteiger partial charge on any atom is 0.303 e. The number of alkyl halides is 2. The minimum Gasteiger partial charge on any atom is -0.481 e. The number of carbonyl (C=O) groups is 1. The molecule has 0 fully saturated rings. The fourth-order valence-corrected chi connectivity index (χ4v) is 2.76. The minimum atomic E-state index is -0.875. The molecule has 0 bridgehead atoms. The molecule has 0 radical (unpaired) electrons. The van der Waals surface area contributed by atoms with Crippen molar-refractivity contribution in [3.63, 3.8) is 0 Å².